The van der Waals surface area contributed by atoms with Crippen LogP contribution in [0.5, 0.6) is 0 Å². The molecule has 1 fully saturated rings. The zero-order valence-electron chi connectivity index (χ0n) is 17.1. The van der Waals surface area contributed by atoms with Gasteiger partial charge in [-0.15, -0.1) is 0 Å². The summed E-state index contributed by atoms with van der Waals surface area (Å²) in [5.41, 5.74) is 5.25. The van der Waals surface area contributed by atoms with Crippen molar-refractivity contribution in [2.75, 3.05) is 23.9 Å². The number of nitrogens with zero attached hydrogens (tertiary/aromatic N) is 4. The molecule has 1 spiro atoms. The van der Waals surface area contributed by atoms with Crippen molar-refractivity contribution in [3.05, 3.63) is 48.6 Å². The van der Waals surface area contributed by atoms with E-state index in [1.54, 1.807) is 5.56 Å². The first-order valence-electron chi connectivity index (χ1n) is 10.5. The van der Waals surface area contributed by atoms with Gasteiger partial charge >= 0.3 is 0 Å². The van der Waals surface area contributed by atoms with Gasteiger partial charge in [0, 0.05) is 72.1 Å². The van der Waals surface area contributed by atoms with Crippen LogP contribution in [0, 0.1) is 10.8 Å². The van der Waals surface area contributed by atoms with Crippen LogP contribution in [-0.4, -0.2) is 36.2 Å². The predicted octanol–water partition coefficient (Wildman–Crippen LogP) is 4.27. The molecular weight excluding hydrogens is 332 g/mol. The predicted molar refractivity (Wildman–Crippen MR) is 110 cm³/mol. The van der Waals surface area contributed by atoms with Crippen LogP contribution in [0.4, 0.5) is 11.4 Å². The Kier molecular flexibility index (Phi) is 2.64. The van der Waals surface area contributed by atoms with Gasteiger partial charge in [0.2, 0.25) is 0 Å². The second-order valence-electron chi connectivity index (χ2n) is 9.52. The van der Waals surface area contributed by atoms with Crippen molar-refractivity contribution in [1.82, 2.24) is 9.80 Å². The van der Waals surface area contributed by atoms with Crippen molar-refractivity contribution in [2.45, 2.75) is 57.8 Å². The number of anilines is 2. The van der Waals surface area contributed by atoms with Crippen molar-refractivity contribution in [3.63, 3.8) is 0 Å². The Labute approximate surface area is 162 Å². The van der Waals surface area contributed by atoms with Crippen LogP contribution in [0.1, 0.15) is 45.6 Å². The summed E-state index contributed by atoms with van der Waals surface area (Å²) in [5, 5.41) is 0. The Balaban J connectivity index is 1.72. The van der Waals surface area contributed by atoms with E-state index in [1.807, 2.05) is 0 Å². The molecule has 0 bridgehead atoms. The molecule has 1 aromatic rings. The van der Waals surface area contributed by atoms with Crippen molar-refractivity contribution in [3.8, 4) is 0 Å². The van der Waals surface area contributed by atoms with E-state index in [4.69, 9.17) is 0 Å². The second kappa shape index (κ2) is 4.48. The summed E-state index contributed by atoms with van der Waals surface area (Å²) in [6.07, 6.45) is 13.7. The first-order chi connectivity index (χ1) is 13.0. The Hall–Kier alpha value is -2.10. The lowest BCUT2D eigenvalue weighted by molar-refractivity contribution is 0.0403. The number of rotatable bonds is 2. The average molecular weight is 363 g/mol. The third kappa shape index (κ3) is 1.36. The van der Waals surface area contributed by atoms with Crippen molar-refractivity contribution >= 4 is 11.4 Å². The van der Waals surface area contributed by atoms with Gasteiger partial charge in [-0.1, -0.05) is 26.8 Å². The lowest BCUT2D eigenvalue weighted by Crippen LogP contribution is -2.63. The molecule has 142 valence electrons. The number of benzene rings is 1. The highest BCUT2D eigenvalue weighted by Crippen LogP contribution is 2.83. The summed E-state index contributed by atoms with van der Waals surface area (Å²) in [5.74, 6) is 0. The molecule has 1 aliphatic carbocycles. The highest BCUT2D eigenvalue weighted by atomic mass is 15.4. The molecule has 6 rings (SSSR count). The molecule has 0 N–H and O–H groups in total. The molecule has 0 radical (unpaired) electrons. The van der Waals surface area contributed by atoms with E-state index < -0.39 is 0 Å². The molecule has 4 heteroatoms. The molecule has 5 aliphatic rings. The van der Waals surface area contributed by atoms with Crippen LogP contribution >= 0.6 is 0 Å². The smallest absolute Gasteiger partial charge is 0.112 e. The van der Waals surface area contributed by atoms with Crippen molar-refractivity contribution in [2.24, 2.45) is 10.8 Å². The van der Waals surface area contributed by atoms with Gasteiger partial charge in [-0.3, -0.25) is 0 Å². The van der Waals surface area contributed by atoms with Crippen LogP contribution in [0.25, 0.3) is 0 Å². The fourth-order valence-corrected chi connectivity index (χ4v) is 7.75. The summed E-state index contributed by atoms with van der Waals surface area (Å²) in [7, 11) is 4.52. The topological polar surface area (TPSA) is 13.0 Å². The molecule has 4 nitrogen and oxygen atoms in total. The molecule has 5 unspecified atom stereocenters. The Morgan fingerprint density at radius 2 is 1.48 bits per heavy atom. The molecule has 0 aromatic heterocycles. The van der Waals surface area contributed by atoms with E-state index in [9.17, 15) is 0 Å². The van der Waals surface area contributed by atoms with E-state index >= 15 is 0 Å². The molecule has 0 amide bonds. The maximum Gasteiger partial charge on any atom is 0.112 e. The molecular formula is C23H30N4. The van der Waals surface area contributed by atoms with Gasteiger partial charge in [-0.2, -0.15) is 0 Å². The molecule has 4 heterocycles. The molecule has 5 atom stereocenters. The molecule has 0 saturated heterocycles. The van der Waals surface area contributed by atoms with Crippen LogP contribution in [0.15, 0.2) is 43.0 Å². The lowest BCUT2D eigenvalue weighted by Gasteiger charge is -2.59. The van der Waals surface area contributed by atoms with E-state index in [-0.39, 0.29) is 10.8 Å². The van der Waals surface area contributed by atoms with Gasteiger partial charge in [0.05, 0.1) is 0 Å². The summed E-state index contributed by atoms with van der Waals surface area (Å²) in [4.78, 5) is 10.0. The first kappa shape index (κ1) is 15.9. The normalized spacial score (nSPS) is 42.3. The average Bonchev–Trinajstić information content (AvgIpc) is 2.99. The van der Waals surface area contributed by atoms with E-state index in [0.717, 1.165) is 0 Å². The minimum Gasteiger partial charge on any atom is -0.358 e. The lowest BCUT2D eigenvalue weighted by atomic mass is 9.57. The fraction of sp³-hybridized carbons (Fsp3) is 0.565. The largest absolute Gasteiger partial charge is 0.358 e. The van der Waals surface area contributed by atoms with Crippen LogP contribution in [0.3, 0.4) is 0 Å². The highest BCUT2D eigenvalue weighted by Gasteiger charge is 2.83. The van der Waals surface area contributed by atoms with Crippen molar-refractivity contribution < 1.29 is 0 Å². The maximum absolute atomic E-state index is 2.57. The zero-order valence-corrected chi connectivity index (χ0v) is 17.1. The van der Waals surface area contributed by atoms with Gasteiger partial charge in [0.25, 0.3) is 0 Å². The van der Waals surface area contributed by atoms with Gasteiger partial charge in [0.1, 0.15) is 12.3 Å². The van der Waals surface area contributed by atoms with Gasteiger partial charge in [-0.05, 0) is 31.4 Å². The number of hydrogen-bond acceptors (Lipinski definition) is 4. The van der Waals surface area contributed by atoms with Crippen LogP contribution in [-0.2, 0) is 5.41 Å². The minimum absolute atomic E-state index is 0.208. The zero-order chi connectivity index (χ0) is 18.8. The van der Waals surface area contributed by atoms with Gasteiger partial charge in [0.15, 0.2) is 0 Å². The molecule has 4 aliphatic heterocycles. The third-order valence-corrected chi connectivity index (χ3v) is 8.94. The summed E-state index contributed by atoms with van der Waals surface area (Å²) in [6, 6.07) is 6.97. The van der Waals surface area contributed by atoms with Gasteiger partial charge in [-0.25, -0.2) is 0 Å². The third-order valence-electron chi connectivity index (χ3n) is 8.94. The summed E-state index contributed by atoms with van der Waals surface area (Å²) >= 11 is 0. The van der Waals surface area contributed by atoms with Gasteiger partial charge < -0.3 is 19.6 Å². The summed E-state index contributed by atoms with van der Waals surface area (Å²) < 4.78 is 0. The second-order valence-corrected chi connectivity index (χ2v) is 9.52. The molecule has 1 saturated carbocycles. The number of hydrogen-bond donors (Lipinski definition) is 0. The van der Waals surface area contributed by atoms with Crippen LogP contribution in [0.2, 0.25) is 0 Å². The summed E-state index contributed by atoms with van der Waals surface area (Å²) in [6.45, 7) is 7.41. The monoisotopic (exact) mass is 362 g/mol. The Morgan fingerprint density at radius 1 is 0.889 bits per heavy atom. The molecule has 27 heavy (non-hydrogen) atoms. The van der Waals surface area contributed by atoms with E-state index in [0.29, 0.717) is 17.7 Å². The first-order valence-corrected chi connectivity index (χ1v) is 10.5. The fourth-order valence-electron chi connectivity index (χ4n) is 7.75. The van der Waals surface area contributed by atoms with E-state index in [2.05, 4.69) is 97.5 Å². The Morgan fingerprint density at radius 3 is 2.07 bits per heavy atom. The minimum atomic E-state index is 0.208. The Bertz CT molecular complexity index is 891. The number of fused-ring (bicyclic) bond motifs is 5. The maximum atomic E-state index is 2.57. The van der Waals surface area contributed by atoms with Crippen LogP contribution < -0.4 is 9.80 Å². The SMILES string of the molecule is CCC1(C)C2N(C)C=CN2c2cccc3c2C12CC2(CC)C1N(C)C=CN31. The quantitative estimate of drug-likeness (QED) is 0.779. The standard InChI is InChI=1S/C23H30N4/c1-6-21(3)19-24(4)11-13-26(19)16-9-8-10-17-18(16)23(21)15-22(23,7-2)20-25(5)12-14-27(17)20/h8-14,19-20H,6-7,15H2,1-5H3. The van der Waals surface area contributed by atoms with Crippen molar-refractivity contribution in [1.29, 1.82) is 0 Å². The molecule has 1 aromatic carbocycles. The highest BCUT2D eigenvalue weighted by molar-refractivity contribution is 5.81. The van der Waals surface area contributed by atoms with E-state index in [1.165, 1.54) is 30.6 Å².